The molecule has 3 nitrogen and oxygen atoms in total. The number of rotatable bonds is 6. The molecule has 0 aliphatic heterocycles. The zero-order valence-electron chi connectivity index (χ0n) is 13.5. The zero-order valence-corrected chi connectivity index (χ0v) is 15.1. The summed E-state index contributed by atoms with van der Waals surface area (Å²) in [5, 5.41) is 4.95. The molecule has 126 valence electrons. The lowest BCUT2D eigenvalue weighted by Crippen LogP contribution is -2.24. The van der Waals surface area contributed by atoms with Crippen LogP contribution >= 0.6 is 23.1 Å². The molecule has 1 aliphatic carbocycles. The SMILES string of the molecule is O=C(CSc1cccc(NC(=O)C2CCCCC2)c1)c1cccs1. The molecule has 5 heteroatoms. The molecule has 24 heavy (non-hydrogen) atoms. The maximum Gasteiger partial charge on any atom is 0.227 e. The Bertz CT molecular complexity index is 691. The summed E-state index contributed by atoms with van der Waals surface area (Å²) < 4.78 is 0. The second-order valence-corrected chi connectivity index (χ2v) is 8.04. The molecular formula is C19H21NO2S2. The molecule has 0 bridgehead atoms. The van der Waals surface area contributed by atoms with Crippen LogP contribution in [0.25, 0.3) is 0 Å². The number of amides is 1. The van der Waals surface area contributed by atoms with E-state index in [4.69, 9.17) is 0 Å². The fourth-order valence-electron chi connectivity index (χ4n) is 2.93. The van der Waals surface area contributed by atoms with Gasteiger partial charge in [0.25, 0.3) is 0 Å². The molecule has 1 aromatic heterocycles. The highest BCUT2D eigenvalue weighted by Gasteiger charge is 2.21. The smallest absolute Gasteiger partial charge is 0.227 e. The van der Waals surface area contributed by atoms with Gasteiger partial charge in [0.1, 0.15) is 0 Å². The molecule has 0 atom stereocenters. The van der Waals surface area contributed by atoms with Crippen molar-refractivity contribution in [1.29, 1.82) is 0 Å². The second kappa shape index (κ2) is 8.49. The van der Waals surface area contributed by atoms with E-state index in [-0.39, 0.29) is 17.6 Å². The molecule has 1 fully saturated rings. The number of carbonyl (C=O) groups is 2. The van der Waals surface area contributed by atoms with E-state index in [1.54, 1.807) is 0 Å². The number of hydrogen-bond acceptors (Lipinski definition) is 4. The first-order valence-corrected chi connectivity index (χ1v) is 10.2. The average molecular weight is 360 g/mol. The molecule has 1 amide bonds. The predicted molar refractivity (Wildman–Crippen MR) is 101 cm³/mol. The molecule has 2 aromatic rings. The summed E-state index contributed by atoms with van der Waals surface area (Å²) in [5.41, 5.74) is 0.819. The third kappa shape index (κ3) is 4.71. The van der Waals surface area contributed by atoms with E-state index < -0.39 is 0 Å². The Hall–Kier alpha value is -1.59. The van der Waals surface area contributed by atoms with E-state index in [1.165, 1.54) is 29.5 Å². The fraction of sp³-hybridized carbons (Fsp3) is 0.368. The number of nitrogens with one attached hydrogen (secondary N) is 1. The molecule has 1 heterocycles. The van der Waals surface area contributed by atoms with Crippen LogP contribution in [0.3, 0.4) is 0 Å². The van der Waals surface area contributed by atoms with E-state index in [0.717, 1.165) is 41.1 Å². The molecule has 0 spiro atoms. The molecule has 1 aliphatic rings. The lowest BCUT2D eigenvalue weighted by Gasteiger charge is -2.20. The Labute approximate surface area is 150 Å². The van der Waals surface area contributed by atoms with Crippen LogP contribution < -0.4 is 5.32 Å². The number of thioether (sulfide) groups is 1. The largest absolute Gasteiger partial charge is 0.326 e. The Morgan fingerprint density at radius 2 is 1.96 bits per heavy atom. The maximum absolute atomic E-state index is 12.3. The van der Waals surface area contributed by atoms with Gasteiger partial charge in [0.05, 0.1) is 10.6 Å². The maximum atomic E-state index is 12.3. The second-order valence-electron chi connectivity index (χ2n) is 6.04. The van der Waals surface area contributed by atoms with Crippen LogP contribution in [0.1, 0.15) is 41.8 Å². The predicted octanol–water partition coefficient (Wildman–Crippen LogP) is 5.24. The Morgan fingerprint density at radius 3 is 2.71 bits per heavy atom. The zero-order chi connectivity index (χ0) is 16.8. The molecule has 0 unspecified atom stereocenters. The van der Waals surface area contributed by atoms with E-state index in [0.29, 0.717) is 5.75 Å². The van der Waals surface area contributed by atoms with Crippen LogP contribution in [0, 0.1) is 5.92 Å². The summed E-state index contributed by atoms with van der Waals surface area (Å²) in [5.74, 6) is 0.842. The van der Waals surface area contributed by atoms with Gasteiger partial charge in [-0.15, -0.1) is 23.1 Å². The summed E-state index contributed by atoms with van der Waals surface area (Å²) in [6.45, 7) is 0. The number of thiophene rings is 1. The number of benzene rings is 1. The Kier molecular flexibility index (Phi) is 6.10. The molecule has 1 N–H and O–H groups in total. The average Bonchev–Trinajstić information content (AvgIpc) is 3.15. The third-order valence-electron chi connectivity index (χ3n) is 4.24. The minimum absolute atomic E-state index is 0.131. The first-order valence-electron chi connectivity index (χ1n) is 8.33. The normalized spacial score (nSPS) is 15.2. The van der Waals surface area contributed by atoms with Crippen LogP contribution in [0.15, 0.2) is 46.7 Å². The fourth-order valence-corrected chi connectivity index (χ4v) is 4.52. The van der Waals surface area contributed by atoms with Crippen molar-refractivity contribution in [2.75, 3.05) is 11.1 Å². The molecule has 1 saturated carbocycles. The number of ketones is 1. The topological polar surface area (TPSA) is 46.2 Å². The van der Waals surface area contributed by atoms with E-state index in [1.807, 2.05) is 41.8 Å². The quantitative estimate of drug-likeness (QED) is 0.566. The van der Waals surface area contributed by atoms with Gasteiger partial charge in [-0.2, -0.15) is 0 Å². The Balaban J connectivity index is 1.55. The summed E-state index contributed by atoms with van der Waals surface area (Å²) >= 11 is 2.98. The highest BCUT2D eigenvalue weighted by Crippen LogP contribution is 2.27. The van der Waals surface area contributed by atoms with Crippen LogP contribution in [0.5, 0.6) is 0 Å². The van der Waals surface area contributed by atoms with Gasteiger partial charge in [-0.25, -0.2) is 0 Å². The van der Waals surface area contributed by atoms with Crippen molar-refractivity contribution < 1.29 is 9.59 Å². The van der Waals surface area contributed by atoms with Crippen LogP contribution in [0.2, 0.25) is 0 Å². The monoisotopic (exact) mass is 359 g/mol. The first-order chi connectivity index (χ1) is 11.7. The molecule has 0 radical (unpaired) electrons. The van der Waals surface area contributed by atoms with E-state index in [2.05, 4.69) is 5.32 Å². The summed E-state index contributed by atoms with van der Waals surface area (Å²) in [4.78, 5) is 26.2. The van der Waals surface area contributed by atoms with Crippen molar-refractivity contribution in [3.05, 3.63) is 46.7 Å². The summed E-state index contributed by atoms with van der Waals surface area (Å²) in [6, 6.07) is 11.5. The van der Waals surface area contributed by atoms with Gasteiger partial charge in [-0.1, -0.05) is 31.4 Å². The molecule has 0 saturated heterocycles. The highest BCUT2D eigenvalue weighted by atomic mass is 32.2. The van der Waals surface area contributed by atoms with Gasteiger partial charge in [-0.3, -0.25) is 9.59 Å². The van der Waals surface area contributed by atoms with Gasteiger partial charge in [0.2, 0.25) is 5.91 Å². The minimum Gasteiger partial charge on any atom is -0.326 e. The lowest BCUT2D eigenvalue weighted by molar-refractivity contribution is -0.120. The lowest BCUT2D eigenvalue weighted by atomic mass is 9.88. The van der Waals surface area contributed by atoms with Crippen molar-refractivity contribution in [2.45, 2.75) is 37.0 Å². The van der Waals surface area contributed by atoms with Gasteiger partial charge < -0.3 is 5.32 Å². The van der Waals surface area contributed by atoms with E-state index in [9.17, 15) is 9.59 Å². The standard InChI is InChI=1S/C19H21NO2S2/c21-17(18-10-5-11-23-18)13-24-16-9-4-8-15(12-16)20-19(22)14-6-2-1-3-7-14/h4-5,8-12,14H,1-3,6-7,13H2,(H,20,22). The minimum atomic E-state index is 0.131. The van der Waals surface area contributed by atoms with Crippen molar-refractivity contribution in [1.82, 2.24) is 0 Å². The molecule has 3 rings (SSSR count). The van der Waals surface area contributed by atoms with Crippen LogP contribution in [-0.4, -0.2) is 17.4 Å². The summed E-state index contributed by atoms with van der Waals surface area (Å²) in [7, 11) is 0. The van der Waals surface area contributed by atoms with Crippen molar-refractivity contribution >= 4 is 40.5 Å². The number of hydrogen-bond donors (Lipinski definition) is 1. The van der Waals surface area contributed by atoms with Gasteiger partial charge >= 0.3 is 0 Å². The third-order valence-corrected chi connectivity index (χ3v) is 6.15. The van der Waals surface area contributed by atoms with Crippen molar-refractivity contribution in [2.24, 2.45) is 5.92 Å². The first kappa shape index (κ1) is 17.2. The van der Waals surface area contributed by atoms with Gasteiger partial charge in [-0.05, 0) is 42.5 Å². The molecular weight excluding hydrogens is 338 g/mol. The van der Waals surface area contributed by atoms with E-state index >= 15 is 0 Å². The van der Waals surface area contributed by atoms with Gasteiger partial charge in [0, 0.05) is 16.5 Å². The van der Waals surface area contributed by atoms with Crippen LogP contribution in [-0.2, 0) is 4.79 Å². The summed E-state index contributed by atoms with van der Waals surface area (Å²) in [6.07, 6.45) is 5.54. The van der Waals surface area contributed by atoms with Gasteiger partial charge in [0.15, 0.2) is 5.78 Å². The number of anilines is 1. The number of carbonyl (C=O) groups excluding carboxylic acids is 2. The van der Waals surface area contributed by atoms with Crippen LogP contribution in [0.4, 0.5) is 5.69 Å². The number of Topliss-reactive ketones (excluding diaryl/α,β-unsaturated/α-hetero) is 1. The molecule has 1 aromatic carbocycles. The highest BCUT2D eigenvalue weighted by molar-refractivity contribution is 8.00. The van der Waals surface area contributed by atoms with Crippen molar-refractivity contribution in [3.63, 3.8) is 0 Å². The Morgan fingerprint density at radius 1 is 1.12 bits per heavy atom. The van der Waals surface area contributed by atoms with Crippen molar-refractivity contribution in [3.8, 4) is 0 Å².